The number of fused-ring (bicyclic) bond motifs is 1. The minimum atomic E-state index is -2.67. The molecule has 4 rings (SSSR count). The van der Waals surface area contributed by atoms with E-state index in [2.05, 4.69) is 10.2 Å². The molecule has 1 aromatic heterocycles. The van der Waals surface area contributed by atoms with E-state index < -0.39 is 22.8 Å². The molecule has 2 unspecified atom stereocenters. The molecule has 12 heteroatoms. The molecule has 3 atom stereocenters. The standard InChI is InChI=1S/C28H32N4O7S/c1-18-21(11-12-26(30-18)37-16-14-28(2,3)31-34)22-5-4-6-23-25(17-38-27(22)23)39-20-9-7-19(8-10-20)24(13-15-33)32(29)40(35)36/h4-12,15,24-25H,13-14,16-17,29H2,1-3H3,(H,35,36)/p-1/t24?,25-/m1/s1. The number of ether oxygens (including phenoxy) is 3. The first-order valence-electron chi connectivity index (χ1n) is 12.7. The fourth-order valence-electron chi connectivity index (χ4n) is 4.40. The number of aromatic nitrogens is 1. The zero-order valence-electron chi connectivity index (χ0n) is 22.4. The summed E-state index contributed by atoms with van der Waals surface area (Å²) in [6, 6.07) is 15.5. The molecule has 2 heterocycles. The van der Waals surface area contributed by atoms with Gasteiger partial charge in [-0.25, -0.2) is 4.98 Å². The van der Waals surface area contributed by atoms with Crippen molar-refractivity contribution in [1.29, 1.82) is 0 Å². The van der Waals surface area contributed by atoms with E-state index in [4.69, 9.17) is 20.1 Å². The van der Waals surface area contributed by atoms with Crippen LogP contribution in [0.15, 0.2) is 59.8 Å². The minimum absolute atomic E-state index is 0.0749. The summed E-state index contributed by atoms with van der Waals surface area (Å²) in [5.41, 5.74) is 3.30. The minimum Gasteiger partial charge on any atom is -0.759 e. The molecular formula is C28H31N4O7S-. The van der Waals surface area contributed by atoms with Crippen LogP contribution in [0.4, 0.5) is 0 Å². The smallest absolute Gasteiger partial charge is 0.213 e. The highest BCUT2D eigenvalue weighted by Gasteiger charge is 2.29. The summed E-state index contributed by atoms with van der Waals surface area (Å²) < 4.78 is 41.2. The van der Waals surface area contributed by atoms with E-state index in [-0.39, 0.29) is 12.5 Å². The summed E-state index contributed by atoms with van der Waals surface area (Å²) in [7, 11) is 0. The molecule has 3 aromatic rings. The molecule has 2 N–H and O–H groups in total. The van der Waals surface area contributed by atoms with E-state index >= 15 is 0 Å². The third-order valence-electron chi connectivity index (χ3n) is 6.67. The molecule has 0 saturated heterocycles. The molecule has 2 aromatic carbocycles. The molecule has 0 bridgehead atoms. The largest absolute Gasteiger partial charge is 0.759 e. The number of hydrazine groups is 1. The number of aryl methyl sites for hydroxylation is 1. The van der Waals surface area contributed by atoms with Crippen LogP contribution < -0.4 is 20.1 Å². The summed E-state index contributed by atoms with van der Waals surface area (Å²) in [5, 5.41) is 3.11. The molecule has 0 aliphatic carbocycles. The second-order valence-corrected chi connectivity index (χ2v) is 10.8. The second kappa shape index (κ2) is 12.6. The van der Waals surface area contributed by atoms with E-state index in [0.29, 0.717) is 53.3 Å². The highest BCUT2D eigenvalue weighted by molar-refractivity contribution is 7.76. The van der Waals surface area contributed by atoms with Gasteiger partial charge in [-0.05, 0) is 44.5 Å². The molecular weight excluding hydrogens is 536 g/mol. The van der Waals surface area contributed by atoms with E-state index in [9.17, 15) is 18.5 Å². The van der Waals surface area contributed by atoms with Crippen molar-refractivity contribution in [3.8, 4) is 28.5 Å². The van der Waals surface area contributed by atoms with Crippen LogP contribution in [0.1, 0.15) is 55.7 Å². The number of hydrogen-bond donors (Lipinski definition) is 1. The van der Waals surface area contributed by atoms with Crippen molar-refractivity contribution in [2.45, 2.75) is 51.3 Å². The Morgan fingerprint density at radius 2 is 1.98 bits per heavy atom. The Bertz CT molecular complexity index is 1380. The summed E-state index contributed by atoms with van der Waals surface area (Å²) in [4.78, 5) is 26.5. The SMILES string of the molecule is Cc1nc(OCCC(C)(C)N=O)ccc1-c1cccc2c1OC[C@H]2Oc1ccc(C(CC=O)N(N)S(=O)[O-])cc1. The topological polar surface area (TPSA) is 156 Å². The lowest BCUT2D eigenvalue weighted by molar-refractivity contribution is -0.108. The molecule has 1 aliphatic heterocycles. The zero-order valence-corrected chi connectivity index (χ0v) is 23.3. The first kappa shape index (κ1) is 29.3. The number of para-hydroxylation sites is 1. The van der Waals surface area contributed by atoms with Gasteiger partial charge < -0.3 is 23.6 Å². The van der Waals surface area contributed by atoms with Crippen LogP contribution >= 0.6 is 0 Å². The zero-order chi connectivity index (χ0) is 28.9. The molecule has 0 radical (unpaired) electrons. The van der Waals surface area contributed by atoms with E-state index in [1.54, 1.807) is 44.2 Å². The van der Waals surface area contributed by atoms with Crippen LogP contribution in [0.3, 0.4) is 0 Å². The average Bonchev–Trinajstić information content (AvgIpc) is 3.35. The average molecular weight is 568 g/mol. The van der Waals surface area contributed by atoms with Crippen molar-refractivity contribution < 1.29 is 27.8 Å². The predicted octanol–water partition coefficient (Wildman–Crippen LogP) is 4.48. The van der Waals surface area contributed by atoms with Gasteiger partial charge in [-0.2, -0.15) is 9.32 Å². The maximum Gasteiger partial charge on any atom is 0.213 e. The Labute approximate surface area is 235 Å². The Kier molecular flexibility index (Phi) is 9.25. The molecule has 11 nitrogen and oxygen atoms in total. The number of hydrogen-bond acceptors (Lipinski definition) is 10. The molecule has 0 fully saturated rings. The van der Waals surface area contributed by atoms with Gasteiger partial charge in [-0.3, -0.25) is 10.1 Å². The molecule has 0 saturated carbocycles. The van der Waals surface area contributed by atoms with Gasteiger partial charge in [0.2, 0.25) is 5.88 Å². The number of aldehydes is 1. The second-order valence-electron chi connectivity index (χ2n) is 9.99. The van der Waals surface area contributed by atoms with Crippen LogP contribution in [0.5, 0.6) is 17.4 Å². The fraction of sp³-hybridized carbons (Fsp3) is 0.357. The van der Waals surface area contributed by atoms with Crippen LogP contribution in [0.2, 0.25) is 0 Å². The number of pyridine rings is 1. The van der Waals surface area contributed by atoms with Gasteiger partial charge >= 0.3 is 0 Å². The Hall–Kier alpha value is -3.71. The van der Waals surface area contributed by atoms with E-state index in [0.717, 1.165) is 22.4 Å². The number of carbonyl (C=O) groups is 1. The molecule has 1 aliphatic rings. The van der Waals surface area contributed by atoms with Crippen molar-refractivity contribution in [3.63, 3.8) is 0 Å². The number of benzene rings is 2. The number of rotatable bonds is 13. The Morgan fingerprint density at radius 3 is 2.62 bits per heavy atom. The molecule has 0 spiro atoms. The quantitative estimate of drug-likeness (QED) is 0.103. The third-order valence-corrected chi connectivity index (χ3v) is 7.27. The van der Waals surface area contributed by atoms with Crippen LogP contribution in [-0.2, 0) is 16.1 Å². The van der Waals surface area contributed by atoms with E-state index in [1.807, 2.05) is 31.2 Å². The molecule has 40 heavy (non-hydrogen) atoms. The van der Waals surface area contributed by atoms with Gasteiger partial charge in [-0.1, -0.05) is 35.5 Å². The van der Waals surface area contributed by atoms with Crippen molar-refractivity contribution in [3.05, 3.63) is 76.3 Å². The lowest BCUT2D eigenvalue weighted by Gasteiger charge is -2.27. The van der Waals surface area contributed by atoms with Crippen molar-refractivity contribution >= 4 is 17.6 Å². The maximum absolute atomic E-state index is 11.3. The summed E-state index contributed by atoms with van der Waals surface area (Å²) in [6.07, 6.45) is 0.666. The summed E-state index contributed by atoms with van der Waals surface area (Å²) >= 11 is -2.67. The number of nitrogens with two attached hydrogens (primary N) is 1. The first-order valence-corrected chi connectivity index (χ1v) is 13.7. The lowest BCUT2D eigenvalue weighted by atomic mass is 9.99. The monoisotopic (exact) mass is 567 g/mol. The van der Waals surface area contributed by atoms with Crippen LogP contribution in [0, 0.1) is 11.8 Å². The fourth-order valence-corrected chi connectivity index (χ4v) is 4.81. The highest BCUT2D eigenvalue weighted by Crippen LogP contribution is 2.43. The van der Waals surface area contributed by atoms with Gasteiger partial charge in [0.1, 0.15) is 29.9 Å². The maximum atomic E-state index is 11.3. The van der Waals surface area contributed by atoms with Crippen molar-refractivity contribution in [1.82, 2.24) is 9.40 Å². The van der Waals surface area contributed by atoms with Gasteiger partial charge in [-0.15, -0.1) is 0 Å². The van der Waals surface area contributed by atoms with Crippen molar-refractivity contribution in [2.75, 3.05) is 13.2 Å². The Morgan fingerprint density at radius 1 is 1.23 bits per heavy atom. The third kappa shape index (κ3) is 6.70. The van der Waals surface area contributed by atoms with Gasteiger partial charge in [0.05, 0.1) is 12.6 Å². The summed E-state index contributed by atoms with van der Waals surface area (Å²) in [6.45, 7) is 6.05. The summed E-state index contributed by atoms with van der Waals surface area (Å²) in [5.74, 6) is 7.35. The van der Waals surface area contributed by atoms with Crippen LogP contribution in [0.25, 0.3) is 11.1 Å². The molecule has 212 valence electrons. The van der Waals surface area contributed by atoms with Crippen molar-refractivity contribution in [2.24, 2.45) is 11.0 Å². The van der Waals surface area contributed by atoms with Crippen LogP contribution in [-0.4, -0.2) is 43.2 Å². The Balaban J connectivity index is 1.48. The first-order chi connectivity index (χ1) is 19.1. The highest BCUT2D eigenvalue weighted by atomic mass is 32.2. The number of nitrogens with zero attached hydrogens (tertiary/aromatic N) is 3. The van der Waals surface area contributed by atoms with Gasteiger partial charge in [0.15, 0.2) is 6.10 Å². The number of carbonyl (C=O) groups excluding carboxylic acids is 1. The number of nitroso groups, excluding NO2 is 1. The van der Waals surface area contributed by atoms with E-state index in [1.165, 1.54) is 0 Å². The van der Waals surface area contributed by atoms with Gasteiger partial charge in [0, 0.05) is 52.6 Å². The lowest BCUT2D eigenvalue weighted by Crippen LogP contribution is -2.37. The normalized spacial score (nSPS) is 16.1. The van der Waals surface area contributed by atoms with Gasteiger partial charge in [0.25, 0.3) is 0 Å². The predicted molar refractivity (Wildman–Crippen MR) is 148 cm³/mol. The molecule has 0 amide bonds.